The Hall–Kier alpha value is -5.50. The zero-order valence-corrected chi connectivity index (χ0v) is 32.0. The molecule has 296 valence electrons. The van der Waals surface area contributed by atoms with E-state index in [-0.39, 0.29) is 25.4 Å². The molecule has 0 saturated heterocycles. The molecule has 14 heteroatoms. The molecule has 4 aromatic rings. The lowest BCUT2D eigenvalue weighted by Crippen LogP contribution is -2.40. The number of rotatable bonds is 13. The van der Waals surface area contributed by atoms with Crippen molar-refractivity contribution >= 4 is 35.3 Å². The van der Waals surface area contributed by atoms with Gasteiger partial charge < -0.3 is 25.0 Å². The number of hydrogen-bond donors (Lipinski definition) is 4. The first-order chi connectivity index (χ1) is 26.9. The Morgan fingerprint density at radius 2 is 1.11 bits per heavy atom. The Kier molecular flexibility index (Phi) is 11.6. The number of carbonyl (C=O) groups is 4. The van der Waals surface area contributed by atoms with E-state index in [0.29, 0.717) is 0 Å². The van der Waals surface area contributed by atoms with E-state index in [1.54, 1.807) is 50.8 Å². The maximum atomic E-state index is 12.9. The van der Waals surface area contributed by atoms with Crippen LogP contribution in [-0.4, -0.2) is 71.5 Å². The van der Waals surface area contributed by atoms with Crippen LogP contribution in [0, 0.1) is 0 Å². The lowest BCUT2D eigenvalue weighted by atomic mass is 9.98. The Morgan fingerprint density at radius 1 is 0.679 bits per heavy atom. The molecule has 8 rings (SSSR count). The number of fused-ring (bicyclic) bond motifs is 4. The van der Waals surface area contributed by atoms with Gasteiger partial charge in [-0.15, -0.1) is 0 Å². The second-order valence-electron chi connectivity index (χ2n) is 15.7. The first-order valence-corrected chi connectivity index (χ1v) is 19.6. The van der Waals surface area contributed by atoms with Crippen molar-refractivity contribution in [2.45, 2.75) is 128 Å². The topological polar surface area (TPSA) is 187 Å². The van der Waals surface area contributed by atoms with Gasteiger partial charge in [-0.2, -0.15) is 10.2 Å². The van der Waals surface area contributed by atoms with Gasteiger partial charge in [-0.25, -0.2) is 14.4 Å². The highest BCUT2D eigenvalue weighted by Crippen LogP contribution is 2.40. The molecule has 0 bridgehead atoms. The summed E-state index contributed by atoms with van der Waals surface area (Å²) < 4.78 is 14.0. The first-order valence-electron chi connectivity index (χ1n) is 19.6. The summed E-state index contributed by atoms with van der Waals surface area (Å²) in [7, 11) is 0. The van der Waals surface area contributed by atoms with Crippen molar-refractivity contribution < 1.29 is 38.9 Å². The second kappa shape index (κ2) is 16.7. The monoisotopic (exact) mass is 766 g/mol. The highest BCUT2D eigenvalue weighted by atomic mass is 16.6. The van der Waals surface area contributed by atoms with Crippen LogP contribution >= 0.6 is 0 Å². The standard InChI is InChI=1S/C23H29N3O4.C19H21N3O4/c1-23(2,30-19(22(28)29)14-26-11-5-10-24-26)13-20(27)25-21-17-8-3-6-15(17)12-16-7-4-9-18(16)21;23-18(24)16(11-22-9-3-8-20-22)26-19(25)21-17-14-6-1-4-12(14)10-13-5-2-7-15(13)17/h5,10-12,19H,3-4,6-9,13-14H2,1-2H3,(H,25,27)(H,28,29);3,8-10,16H,1-2,4-7,11H2,(H,21,25)(H,23,24). The number of carbonyl (C=O) groups excluding carboxylic acids is 2. The number of aliphatic carboxylic acids is 2. The van der Waals surface area contributed by atoms with Crippen LogP contribution in [0.5, 0.6) is 0 Å². The summed E-state index contributed by atoms with van der Waals surface area (Å²) >= 11 is 0. The molecule has 2 atom stereocenters. The van der Waals surface area contributed by atoms with Crippen LogP contribution in [0.3, 0.4) is 0 Å². The van der Waals surface area contributed by atoms with Crippen LogP contribution < -0.4 is 10.6 Å². The molecule has 0 spiro atoms. The first kappa shape index (κ1) is 38.8. The third-order valence-electron chi connectivity index (χ3n) is 11.1. The average Bonchev–Trinajstić information content (AvgIpc) is 3.99. The Bertz CT molecular complexity index is 2030. The summed E-state index contributed by atoms with van der Waals surface area (Å²) in [6.07, 6.45) is 16.0. The van der Waals surface area contributed by atoms with Crippen molar-refractivity contribution in [2.75, 3.05) is 10.6 Å². The van der Waals surface area contributed by atoms with Gasteiger partial charge in [0.05, 0.1) is 30.8 Å². The van der Waals surface area contributed by atoms with E-state index in [4.69, 9.17) is 9.47 Å². The number of hydrogen-bond acceptors (Lipinski definition) is 8. The van der Waals surface area contributed by atoms with E-state index in [1.807, 2.05) is 0 Å². The molecule has 2 aromatic carbocycles. The lowest BCUT2D eigenvalue weighted by Gasteiger charge is -2.29. The number of aromatic nitrogens is 4. The third kappa shape index (κ3) is 8.96. The minimum absolute atomic E-state index is 0.0270. The Balaban J connectivity index is 0.000000173. The van der Waals surface area contributed by atoms with Crippen molar-refractivity contribution in [3.05, 3.63) is 93.6 Å². The Morgan fingerprint density at radius 3 is 1.52 bits per heavy atom. The fourth-order valence-corrected chi connectivity index (χ4v) is 8.68. The summed E-state index contributed by atoms with van der Waals surface area (Å²) in [4.78, 5) is 48.5. The molecule has 4 aliphatic rings. The van der Waals surface area contributed by atoms with Crippen LogP contribution in [0.25, 0.3) is 0 Å². The Labute approximate surface area is 325 Å². The van der Waals surface area contributed by atoms with Crippen molar-refractivity contribution in [3.8, 4) is 0 Å². The summed E-state index contributed by atoms with van der Waals surface area (Å²) in [6.45, 7) is 3.57. The molecule has 2 amide bonds. The maximum absolute atomic E-state index is 12.9. The SMILES string of the molecule is CC(C)(CC(=O)Nc1c2c(cc3c1CCC3)CCC2)OC(Cn1cccn1)C(=O)O.O=C(Nc1c2c(cc3c1CCC3)CCC2)OC(Cn1cccn1)C(=O)O. The van der Waals surface area contributed by atoms with Crippen LogP contribution in [0.2, 0.25) is 0 Å². The van der Waals surface area contributed by atoms with Crippen LogP contribution in [0.4, 0.5) is 16.2 Å². The quantitative estimate of drug-likeness (QED) is 0.132. The van der Waals surface area contributed by atoms with Gasteiger partial charge in [-0.3, -0.25) is 19.5 Å². The molecule has 4 aliphatic carbocycles. The number of nitrogens with zero attached hydrogens (tertiary/aromatic N) is 4. The van der Waals surface area contributed by atoms with Crippen molar-refractivity contribution in [1.82, 2.24) is 19.6 Å². The zero-order chi connectivity index (χ0) is 39.4. The highest BCUT2D eigenvalue weighted by Gasteiger charge is 2.33. The number of aryl methyl sites for hydroxylation is 4. The number of carboxylic acids is 2. The average molecular weight is 767 g/mol. The van der Waals surface area contributed by atoms with Gasteiger partial charge in [0, 0.05) is 30.5 Å². The second-order valence-corrected chi connectivity index (χ2v) is 15.7. The summed E-state index contributed by atoms with van der Waals surface area (Å²) in [5.74, 6) is -2.41. The van der Waals surface area contributed by atoms with Gasteiger partial charge in [-0.1, -0.05) is 12.1 Å². The normalized spacial score (nSPS) is 16.1. The molecular formula is C42H50N6O8. The van der Waals surface area contributed by atoms with Crippen LogP contribution in [0.1, 0.15) is 90.5 Å². The van der Waals surface area contributed by atoms with Crippen LogP contribution in [0.15, 0.2) is 49.1 Å². The van der Waals surface area contributed by atoms with E-state index >= 15 is 0 Å². The largest absolute Gasteiger partial charge is 0.479 e. The number of amides is 2. The van der Waals surface area contributed by atoms with Gasteiger partial charge in [0.1, 0.15) is 0 Å². The molecule has 0 saturated carbocycles. The number of ether oxygens (including phenoxy) is 2. The molecular weight excluding hydrogens is 716 g/mol. The number of nitrogens with one attached hydrogen (secondary N) is 2. The van der Waals surface area contributed by atoms with Crippen LogP contribution in [-0.2, 0) is 88.3 Å². The minimum atomic E-state index is -1.29. The fraction of sp³-hybridized carbons (Fsp3) is 0.476. The molecule has 56 heavy (non-hydrogen) atoms. The summed E-state index contributed by atoms with van der Waals surface area (Å²) in [5, 5.41) is 32.9. The highest BCUT2D eigenvalue weighted by molar-refractivity contribution is 5.94. The van der Waals surface area contributed by atoms with Crippen molar-refractivity contribution in [2.24, 2.45) is 0 Å². The summed E-state index contributed by atoms with van der Waals surface area (Å²) in [6, 6.07) is 8.03. The van der Waals surface area contributed by atoms with Gasteiger partial charge in [0.2, 0.25) is 12.0 Å². The fourth-order valence-electron chi connectivity index (χ4n) is 8.68. The van der Waals surface area contributed by atoms with Gasteiger partial charge in [0.15, 0.2) is 6.10 Å². The molecule has 0 fully saturated rings. The molecule has 0 radical (unpaired) electrons. The van der Waals surface area contributed by atoms with Gasteiger partial charge in [-0.05, 0) is 148 Å². The predicted molar refractivity (Wildman–Crippen MR) is 207 cm³/mol. The minimum Gasteiger partial charge on any atom is -0.479 e. The van der Waals surface area contributed by atoms with E-state index in [0.717, 1.165) is 88.4 Å². The number of carboxylic acid groups (broad SMARTS) is 2. The smallest absolute Gasteiger partial charge is 0.412 e. The van der Waals surface area contributed by atoms with Crippen molar-refractivity contribution in [3.63, 3.8) is 0 Å². The van der Waals surface area contributed by atoms with E-state index < -0.39 is 35.8 Å². The van der Waals surface area contributed by atoms with Crippen molar-refractivity contribution in [1.29, 1.82) is 0 Å². The molecule has 2 heterocycles. The van der Waals surface area contributed by atoms with E-state index in [1.165, 1.54) is 53.9 Å². The van der Waals surface area contributed by atoms with Gasteiger partial charge in [0.25, 0.3) is 0 Å². The lowest BCUT2D eigenvalue weighted by molar-refractivity contribution is -0.165. The molecule has 0 aliphatic heterocycles. The van der Waals surface area contributed by atoms with Gasteiger partial charge >= 0.3 is 18.0 Å². The number of anilines is 2. The number of benzene rings is 2. The molecule has 2 unspecified atom stereocenters. The van der Waals surface area contributed by atoms with E-state index in [2.05, 4.69) is 33.0 Å². The summed E-state index contributed by atoms with van der Waals surface area (Å²) in [5.41, 5.74) is 11.2. The molecule has 14 nitrogen and oxygen atoms in total. The maximum Gasteiger partial charge on any atom is 0.412 e. The zero-order valence-electron chi connectivity index (χ0n) is 32.0. The third-order valence-corrected chi connectivity index (χ3v) is 11.1. The predicted octanol–water partition coefficient (Wildman–Crippen LogP) is 5.70. The molecule has 4 N–H and O–H groups in total. The molecule has 2 aromatic heterocycles. The van der Waals surface area contributed by atoms with E-state index in [9.17, 15) is 29.4 Å².